The lowest BCUT2D eigenvalue weighted by atomic mass is 9.83. The molecule has 1 aromatic rings. The first kappa shape index (κ1) is 14.1. The SMILES string of the molecule is Cc1ccccc1C(=O)NC(CN)C1CCCCC1. The van der Waals surface area contributed by atoms with Crippen LogP contribution in [0.1, 0.15) is 48.0 Å². The van der Waals surface area contributed by atoms with Gasteiger partial charge in [0.25, 0.3) is 5.91 Å². The van der Waals surface area contributed by atoms with Gasteiger partial charge in [0.15, 0.2) is 0 Å². The largest absolute Gasteiger partial charge is 0.348 e. The Balaban J connectivity index is 2.01. The molecule has 1 atom stereocenters. The zero-order valence-corrected chi connectivity index (χ0v) is 11.7. The second-order valence-electron chi connectivity index (χ2n) is 5.53. The first-order chi connectivity index (χ1) is 9.22. The van der Waals surface area contributed by atoms with Crippen molar-refractivity contribution in [3.8, 4) is 0 Å². The fraction of sp³-hybridized carbons (Fsp3) is 0.562. The third-order valence-electron chi connectivity index (χ3n) is 4.18. The van der Waals surface area contributed by atoms with Crippen molar-refractivity contribution in [2.75, 3.05) is 6.54 Å². The van der Waals surface area contributed by atoms with Crippen molar-refractivity contribution in [3.63, 3.8) is 0 Å². The number of amides is 1. The van der Waals surface area contributed by atoms with E-state index in [9.17, 15) is 4.79 Å². The molecule has 0 saturated heterocycles. The summed E-state index contributed by atoms with van der Waals surface area (Å²) in [6, 6.07) is 7.81. The van der Waals surface area contributed by atoms with E-state index in [0.717, 1.165) is 11.1 Å². The normalized spacial score (nSPS) is 18.0. The van der Waals surface area contributed by atoms with Crippen molar-refractivity contribution >= 4 is 5.91 Å². The van der Waals surface area contributed by atoms with E-state index in [0.29, 0.717) is 12.5 Å². The van der Waals surface area contributed by atoms with E-state index in [2.05, 4.69) is 5.32 Å². The number of nitrogens with two attached hydrogens (primary N) is 1. The van der Waals surface area contributed by atoms with Crippen LogP contribution in [0.25, 0.3) is 0 Å². The van der Waals surface area contributed by atoms with Crippen LogP contribution in [0.15, 0.2) is 24.3 Å². The predicted molar refractivity (Wildman–Crippen MR) is 78.1 cm³/mol. The molecule has 0 spiro atoms. The van der Waals surface area contributed by atoms with Crippen molar-refractivity contribution < 1.29 is 4.79 Å². The second-order valence-corrected chi connectivity index (χ2v) is 5.53. The van der Waals surface area contributed by atoms with Crippen LogP contribution in [0.4, 0.5) is 0 Å². The number of carbonyl (C=O) groups excluding carboxylic acids is 1. The van der Waals surface area contributed by atoms with Crippen molar-refractivity contribution in [1.29, 1.82) is 0 Å². The van der Waals surface area contributed by atoms with Crippen LogP contribution in [-0.4, -0.2) is 18.5 Å². The van der Waals surface area contributed by atoms with E-state index in [1.165, 1.54) is 32.1 Å². The maximum absolute atomic E-state index is 12.3. The number of aryl methyl sites for hydroxylation is 1. The first-order valence-electron chi connectivity index (χ1n) is 7.29. The van der Waals surface area contributed by atoms with Crippen LogP contribution in [-0.2, 0) is 0 Å². The molecule has 1 fully saturated rings. The number of nitrogens with one attached hydrogen (secondary N) is 1. The Morgan fingerprint density at radius 2 is 2.00 bits per heavy atom. The lowest BCUT2D eigenvalue weighted by molar-refractivity contribution is 0.0915. The van der Waals surface area contributed by atoms with Gasteiger partial charge in [0.1, 0.15) is 0 Å². The third kappa shape index (κ3) is 3.57. The number of rotatable bonds is 4. The van der Waals surface area contributed by atoms with Gasteiger partial charge in [0.2, 0.25) is 0 Å². The monoisotopic (exact) mass is 260 g/mol. The smallest absolute Gasteiger partial charge is 0.251 e. The van der Waals surface area contributed by atoms with E-state index in [-0.39, 0.29) is 11.9 Å². The van der Waals surface area contributed by atoms with E-state index >= 15 is 0 Å². The Hall–Kier alpha value is -1.35. The fourth-order valence-corrected chi connectivity index (χ4v) is 2.98. The summed E-state index contributed by atoms with van der Waals surface area (Å²) in [6.07, 6.45) is 6.23. The Bertz CT molecular complexity index is 425. The number of benzene rings is 1. The Kier molecular flexibility index (Phi) is 4.97. The minimum absolute atomic E-state index is 0.0131. The maximum Gasteiger partial charge on any atom is 0.251 e. The van der Waals surface area contributed by atoms with Crippen molar-refractivity contribution in [1.82, 2.24) is 5.32 Å². The van der Waals surface area contributed by atoms with Crippen LogP contribution in [0, 0.1) is 12.8 Å². The summed E-state index contributed by atoms with van der Waals surface area (Å²) >= 11 is 0. The Morgan fingerprint density at radius 3 is 2.63 bits per heavy atom. The Morgan fingerprint density at radius 1 is 1.32 bits per heavy atom. The topological polar surface area (TPSA) is 55.1 Å². The average molecular weight is 260 g/mol. The highest BCUT2D eigenvalue weighted by atomic mass is 16.1. The lowest BCUT2D eigenvalue weighted by Gasteiger charge is -2.30. The van der Waals surface area contributed by atoms with E-state index in [1.54, 1.807) is 0 Å². The van der Waals surface area contributed by atoms with Crippen molar-refractivity contribution in [3.05, 3.63) is 35.4 Å². The van der Waals surface area contributed by atoms with E-state index in [4.69, 9.17) is 5.73 Å². The molecule has 1 amide bonds. The van der Waals surface area contributed by atoms with E-state index in [1.807, 2.05) is 31.2 Å². The summed E-state index contributed by atoms with van der Waals surface area (Å²) in [5.74, 6) is 0.561. The molecule has 0 heterocycles. The zero-order valence-electron chi connectivity index (χ0n) is 11.7. The fourth-order valence-electron chi connectivity index (χ4n) is 2.98. The van der Waals surface area contributed by atoms with Crippen molar-refractivity contribution in [2.24, 2.45) is 11.7 Å². The van der Waals surface area contributed by atoms with Crippen LogP contribution in [0.2, 0.25) is 0 Å². The molecule has 104 valence electrons. The van der Waals surface area contributed by atoms with Gasteiger partial charge in [-0.3, -0.25) is 4.79 Å². The molecule has 0 aromatic heterocycles. The summed E-state index contributed by atoms with van der Waals surface area (Å²) in [7, 11) is 0. The highest BCUT2D eigenvalue weighted by molar-refractivity contribution is 5.95. The molecule has 1 aliphatic rings. The highest BCUT2D eigenvalue weighted by Crippen LogP contribution is 2.26. The minimum Gasteiger partial charge on any atom is -0.348 e. The average Bonchev–Trinajstić information content (AvgIpc) is 2.46. The lowest BCUT2D eigenvalue weighted by Crippen LogP contribution is -2.46. The molecule has 1 aliphatic carbocycles. The quantitative estimate of drug-likeness (QED) is 0.874. The molecule has 1 aromatic carbocycles. The zero-order chi connectivity index (χ0) is 13.7. The molecule has 0 radical (unpaired) electrons. The van der Waals surface area contributed by atoms with Gasteiger partial charge in [-0.15, -0.1) is 0 Å². The standard InChI is InChI=1S/C16H24N2O/c1-12-7-5-6-10-14(12)16(19)18-15(11-17)13-8-3-2-4-9-13/h5-7,10,13,15H,2-4,8-9,11,17H2,1H3,(H,18,19). The van der Waals surface area contributed by atoms with E-state index < -0.39 is 0 Å². The summed E-state index contributed by atoms with van der Waals surface area (Å²) in [5.41, 5.74) is 7.63. The van der Waals surface area contributed by atoms with Gasteiger partial charge >= 0.3 is 0 Å². The van der Waals surface area contributed by atoms with Crippen LogP contribution in [0.5, 0.6) is 0 Å². The van der Waals surface area contributed by atoms with Crippen LogP contribution < -0.4 is 11.1 Å². The second kappa shape index (κ2) is 6.71. The highest BCUT2D eigenvalue weighted by Gasteiger charge is 2.24. The molecular formula is C16H24N2O. The van der Waals surface area contributed by atoms with Crippen LogP contribution >= 0.6 is 0 Å². The number of hydrogen-bond donors (Lipinski definition) is 2. The summed E-state index contributed by atoms with van der Waals surface area (Å²) in [4.78, 5) is 12.3. The van der Waals surface area contributed by atoms with Crippen molar-refractivity contribution in [2.45, 2.75) is 45.1 Å². The molecule has 3 N–H and O–H groups in total. The summed E-state index contributed by atoms with van der Waals surface area (Å²) < 4.78 is 0. The molecule has 2 rings (SSSR count). The van der Waals surface area contributed by atoms with Gasteiger partial charge in [-0.2, -0.15) is 0 Å². The van der Waals surface area contributed by atoms with Gasteiger partial charge in [-0.1, -0.05) is 37.5 Å². The predicted octanol–water partition coefficient (Wildman–Crippen LogP) is 2.63. The van der Waals surface area contributed by atoms with Gasteiger partial charge in [0, 0.05) is 18.2 Å². The maximum atomic E-state index is 12.3. The molecule has 0 aliphatic heterocycles. The molecule has 1 saturated carbocycles. The third-order valence-corrected chi connectivity index (χ3v) is 4.18. The Labute approximate surface area is 115 Å². The summed E-state index contributed by atoms with van der Waals surface area (Å²) in [5, 5.41) is 3.13. The number of carbonyl (C=O) groups is 1. The molecule has 0 bridgehead atoms. The first-order valence-corrected chi connectivity index (χ1v) is 7.29. The molecule has 3 nitrogen and oxygen atoms in total. The minimum atomic E-state index is 0.0131. The molecule has 19 heavy (non-hydrogen) atoms. The molecule has 1 unspecified atom stereocenters. The number of hydrogen-bond acceptors (Lipinski definition) is 2. The molecule has 3 heteroatoms. The van der Waals surface area contributed by atoms with Gasteiger partial charge in [-0.25, -0.2) is 0 Å². The van der Waals surface area contributed by atoms with Crippen LogP contribution in [0.3, 0.4) is 0 Å². The van der Waals surface area contributed by atoms with Gasteiger partial charge in [0.05, 0.1) is 0 Å². The van der Waals surface area contributed by atoms with Gasteiger partial charge < -0.3 is 11.1 Å². The summed E-state index contributed by atoms with van der Waals surface area (Å²) in [6.45, 7) is 2.50. The van der Waals surface area contributed by atoms with Gasteiger partial charge in [-0.05, 0) is 37.3 Å². The molecular weight excluding hydrogens is 236 g/mol.